The van der Waals surface area contributed by atoms with E-state index in [1.807, 2.05) is 0 Å². The van der Waals surface area contributed by atoms with Crippen molar-refractivity contribution < 1.29 is 112 Å². The van der Waals surface area contributed by atoms with Crippen LogP contribution in [0, 0.1) is 12.4 Å². The van der Waals surface area contributed by atoms with E-state index in [2.05, 4.69) is 0 Å². The predicted molar refractivity (Wildman–Crippen MR) is 2.79 cm³/mol. The van der Waals surface area contributed by atoms with E-state index in [1.54, 1.807) is 0 Å². The molecule has 0 N–H and O–H groups in total. The van der Waals surface area contributed by atoms with E-state index in [9.17, 15) is 0 Å². The summed E-state index contributed by atoms with van der Waals surface area (Å²) in [5, 5.41) is 0. The van der Waals surface area contributed by atoms with Gasteiger partial charge in [0, 0.05) is 0 Å². The Kier molecular flexibility index (Phi) is 106. The van der Waals surface area contributed by atoms with Gasteiger partial charge in [0.2, 0.25) is 0 Å². The third kappa shape index (κ3) is 9.04. The fraction of sp³-hybridized carbons (Fsp3) is 0. The zero-order chi connectivity index (χ0) is 0. The van der Waals surface area contributed by atoms with Crippen LogP contribution >= 0.6 is 0 Å². The Balaban J connectivity index is 0. The molecular weight excluding hydrogens is 328 g/mol. The smallest absolute Gasteiger partial charge is 1.00 e. The minimum absolute atomic E-state index is 0. The Bertz CT molecular complexity index is 6.00. The molecule has 24 valence electrons. The summed E-state index contributed by atoms with van der Waals surface area (Å²) < 4.78 is 0. The third-order valence-electron chi connectivity index (χ3n) is 0. The van der Waals surface area contributed by atoms with E-state index >= 15 is 0 Å². The van der Waals surface area contributed by atoms with Crippen LogP contribution in [0.15, 0.2) is 0 Å². The molecule has 0 nitrogen and oxygen atoms in total. The van der Waals surface area contributed by atoms with Crippen molar-refractivity contribution in [2.24, 2.45) is 0 Å². The molecule has 0 saturated heterocycles. The second kappa shape index (κ2) is 16.2. The zero-order valence-electron chi connectivity index (χ0n) is 2.20. The van der Waals surface area contributed by atoms with E-state index < -0.39 is 0 Å². The molecule has 0 saturated carbocycles. The second-order valence-electron chi connectivity index (χ2n) is 0. The van der Waals surface area contributed by atoms with Crippen molar-refractivity contribution in [3.05, 3.63) is 0 Å². The first-order valence-corrected chi connectivity index (χ1v) is 0. The Hall–Kier alpha value is 3.39. The average Bonchev–Trinajstić information content (AvgIpc) is 0. The summed E-state index contributed by atoms with van der Waals surface area (Å²) in [4.78, 5) is 0. The number of halogens is 3. The molecule has 0 aromatic carbocycles. The summed E-state index contributed by atoms with van der Waals surface area (Å²) in [6.07, 6.45) is 0. The fourth-order valence-electron chi connectivity index (χ4n) is 0. The van der Waals surface area contributed by atoms with Gasteiger partial charge in [-0.05, 0) is 0 Å². The molecule has 0 spiro atoms. The standard InChI is InChI=1S/ClH2.2HI.K/h1H2;2*1H;/q+1;;;+1/p-2. The van der Waals surface area contributed by atoms with Gasteiger partial charge in [-0.3, -0.25) is 0 Å². The van der Waals surface area contributed by atoms with Crippen molar-refractivity contribution in [1.82, 2.24) is 0 Å². The van der Waals surface area contributed by atoms with Crippen LogP contribution < -0.4 is 99.3 Å². The van der Waals surface area contributed by atoms with Gasteiger partial charge >= 0.3 is 51.4 Å². The van der Waals surface area contributed by atoms with Crippen LogP contribution in [0.25, 0.3) is 0 Å². The number of hydrogen-bond donors (Lipinski definition) is 0. The summed E-state index contributed by atoms with van der Waals surface area (Å²) in [7, 11) is 0. The van der Waals surface area contributed by atoms with Gasteiger partial charge in [-0.25, -0.2) is 0 Å². The van der Waals surface area contributed by atoms with Gasteiger partial charge in [0.25, 0.3) is 0 Å². The number of rotatable bonds is 0. The first kappa shape index (κ1) is 26.3. The van der Waals surface area contributed by atoms with Crippen molar-refractivity contribution >= 4 is 0 Å². The van der Waals surface area contributed by atoms with Crippen LogP contribution in [-0.4, -0.2) is 0 Å². The molecule has 0 unspecified atom stereocenters. The second-order valence-corrected chi connectivity index (χ2v) is 0. The fourth-order valence-corrected chi connectivity index (χ4v) is 0. The van der Waals surface area contributed by atoms with Gasteiger partial charge in [0.05, 0.1) is 12.4 Å². The van der Waals surface area contributed by atoms with Crippen LogP contribution in [0.1, 0.15) is 0 Å². The Morgan fingerprint density at radius 2 is 0.750 bits per heavy atom. The molecule has 0 radical (unpaired) electrons. The first-order valence-electron chi connectivity index (χ1n) is 0. The summed E-state index contributed by atoms with van der Waals surface area (Å²) in [6.45, 7) is 0. The maximum Gasteiger partial charge on any atom is 1.00 e. The summed E-state index contributed by atoms with van der Waals surface area (Å²) >= 11 is 0. The van der Waals surface area contributed by atoms with Crippen molar-refractivity contribution in [3.63, 3.8) is 0 Å². The molecule has 0 aromatic heterocycles. The van der Waals surface area contributed by atoms with Gasteiger partial charge in [-0.1, -0.05) is 0 Å². The van der Waals surface area contributed by atoms with Crippen LogP contribution in [0.5, 0.6) is 0 Å². The van der Waals surface area contributed by atoms with E-state index in [0.29, 0.717) is 0 Å². The normalized spacial score (nSPS) is 0. The first-order chi connectivity index (χ1) is 0. The molecule has 4 heteroatoms. The summed E-state index contributed by atoms with van der Waals surface area (Å²) in [5.74, 6) is 0. The monoisotopic (exact) mass is 330 g/mol. The predicted octanol–water partition coefficient (Wildman–Crippen LogP) is -9.52. The molecule has 0 bridgehead atoms. The van der Waals surface area contributed by atoms with Crippen LogP contribution in [0.2, 0.25) is 0 Å². The van der Waals surface area contributed by atoms with E-state index in [-0.39, 0.29) is 112 Å². The molecular formula is H2ClI2K. The average molecular weight is 330 g/mol. The molecule has 0 atom stereocenters. The Labute approximate surface area is 109 Å². The van der Waals surface area contributed by atoms with Gasteiger partial charge in [0.1, 0.15) is 0 Å². The van der Waals surface area contributed by atoms with Crippen molar-refractivity contribution in [3.8, 4) is 0 Å². The quantitative estimate of drug-likeness (QED) is 0.306. The van der Waals surface area contributed by atoms with Crippen molar-refractivity contribution in [1.29, 1.82) is 0 Å². The minimum atomic E-state index is 0. The van der Waals surface area contributed by atoms with Gasteiger partial charge in [-0.2, -0.15) is 0 Å². The van der Waals surface area contributed by atoms with Crippen molar-refractivity contribution in [2.45, 2.75) is 0 Å². The van der Waals surface area contributed by atoms with Gasteiger partial charge in [0.15, 0.2) is 0 Å². The SMILES string of the molecule is [ClH2+].[I-].[I-].[K+]. The molecule has 0 aromatic rings. The summed E-state index contributed by atoms with van der Waals surface area (Å²) in [5.41, 5.74) is 0. The van der Waals surface area contributed by atoms with E-state index in [1.165, 1.54) is 0 Å². The molecule has 0 aliphatic heterocycles. The Morgan fingerprint density at radius 1 is 0.750 bits per heavy atom. The summed E-state index contributed by atoms with van der Waals surface area (Å²) in [6, 6.07) is 0. The maximum absolute atomic E-state index is 0. The Morgan fingerprint density at radius 3 is 0.750 bits per heavy atom. The van der Waals surface area contributed by atoms with Gasteiger partial charge in [-0.15, -0.1) is 0 Å². The molecule has 0 rings (SSSR count). The van der Waals surface area contributed by atoms with Crippen LogP contribution in [-0.2, 0) is 0 Å². The molecule has 0 aliphatic rings. The maximum atomic E-state index is 0. The minimum Gasteiger partial charge on any atom is -1.00 e. The van der Waals surface area contributed by atoms with E-state index in [4.69, 9.17) is 0 Å². The third-order valence-corrected chi connectivity index (χ3v) is 0. The van der Waals surface area contributed by atoms with Crippen LogP contribution in [0.3, 0.4) is 0 Å². The molecule has 0 fully saturated rings. The molecule has 0 amide bonds. The molecule has 0 aliphatic carbocycles. The van der Waals surface area contributed by atoms with Crippen LogP contribution in [0.4, 0.5) is 0 Å². The van der Waals surface area contributed by atoms with Crippen molar-refractivity contribution in [2.75, 3.05) is 0 Å². The molecule has 4 heavy (non-hydrogen) atoms. The topological polar surface area (TPSA) is 0 Å². The molecule has 0 heterocycles. The van der Waals surface area contributed by atoms with E-state index in [0.717, 1.165) is 0 Å². The zero-order valence-corrected chi connectivity index (χ0v) is 10.5. The largest absolute Gasteiger partial charge is 1.00 e. The van der Waals surface area contributed by atoms with Gasteiger partial charge < -0.3 is 48.0 Å². The number of hydrogen-bond acceptors (Lipinski definition) is 0.